The number of methoxy groups -OCH3 is 1. The van der Waals surface area contributed by atoms with E-state index in [-0.39, 0.29) is 12.5 Å². The zero-order valence-corrected chi connectivity index (χ0v) is 10.8. The number of nitrogens with zero attached hydrogens (tertiary/aromatic N) is 3. The van der Waals surface area contributed by atoms with Gasteiger partial charge in [-0.05, 0) is 19.3 Å². The fraction of sp³-hybridized carbons (Fsp3) is 0.727. The molecule has 0 aliphatic rings. The van der Waals surface area contributed by atoms with Crippen LogP contribution in [0.4, 0.5) is 0 Å². The molecule has 0 fully saturated rings. The van der Waals surface area contributed by atoms with E-state index in [2.05, 4.69) is 15.6 Å². The average Bonchev–Trinajstić information content (AvgIpc) is 2.81. The van der Waals surface area contributed by atoms with Crippen LogP contribution in [-0.2, 0) is 22.6 Å². The molecule has 0 radical (unpaired) electrons. The van der Waals surface area contributed by atoms with E-state index in [1.54, 1.807) is 13.3 Å². The molecule has 0 saturated carbocycles. The zero-order chi connectivity index (χ0) is 13.2. The maximum absolute atomic E-state index is 11.5. The van der Waals surface area contributed by atoms with E-state index in [1.807, 2.05) is 0 Å². The highest BCUT2D eigenvalue weighted by molar-refractivity contribution is 5.75. The van der Waals surface area contributed by atoms with Gasteiger partial charge >= 0.3 is 0 Å². The Kier molecular flexibility index (Phi) is 6.97. The number of nitrogens with one attached hydrogen (secondary N) is 1. The first-order valence-electron chi connectivity index (χ1n) is 6.11. The number of ether oxygens (including phenoxy) is 1. The van der Waals surface area contributed by atoms with Crippen molar-refractivity contribution < 1.29 is 9.53 Å². The molecule has 3 N–H and O–H groups in total. The Morgan fingerprint density at radius 1 is 1.50 bits per heavy atom. The molecule has 0 aliphatic carbocycles. The summed E-state index contributed by atoms with van der Waals surface area (Å²) in [5.41, 5.74) is 6.09. The SMILES string of the molecule is COCCCCCNC(=O)Cn1cc(CN)nn1. The normalized spacial score (nSPS) is 10.6. The molecule has 7 heteroatoms. The van der Waals surface area contributed by atoms with Gasteiger partial charge in [-0.3, -0.25) is 4.79 Å². The first-order valence-corrected chi connectivity index (χ1v) is 6.11. The minimum Gasteiger partial charge on any atom is -0.385 e. The molecular formula is C11H21N5O2. The van der Waals surface area contributed by atoms with Crippen molar-refractivity contribution in [3.63, 3.8) is 0 Å². The lowest BCUT2D eigenvalue weighted by Gasteiger charge is -2.04. The van der Waals surface area contributed by atoms with Crippen molar-refractivity contribution in [2.75, 3.05) is 20.3 Å². The van der Waals surface area contributed by atoms with E-state index in [0.717, 1.165) is 25.9 Å². The third-order valence-electron chi connectivity index (χ3n) is 2.45. The summed E-state index contributed by atoms with van der Waals surface area (Å²) < 4.78 is 6.43. The highest BCUT2D eigenvalue weighted by Crippen LogP contribution is 1.94. The van der Waals surface area contributed by atoms with Crippen molar-refractivity contribution in [3.05, 3.63) is 11.9 Å². The van der Waals surface area contributed by atoms with Gasteiger partial charge in [-0.15, -0.1) is 5.10 Å². The third-order valence-corrected chi connectivity index (χ3v) is 2.45. The number of carbonyl (C=O) groups excluding carboxylic acids is 1. The minimum absolute atomic E-state index is 0.0600. The monoisotopic (exact) mass is 255 g/mol. The van der Waals surface area contributed by atoms with E-state index >= 15 is 0 Å². The number of aromatic nitrogens is 3. The summed E-state index contributed by atoms with van der Waals surface area (Å²) in [5.74, 6) is -0.0600. The highest BCUT2D eigenvalue weighted by atomic mass is 16.5. The molecule has 1 aromatic heterocycles. The molecular weight excluding hydrogens is 234 g/mol. The van der Waals surface area contributed by atoms with Gasteiger partial charge in [0.2, 0.25) is 5.91 Å². The fourth-order valence-corrected chi connectivity index (χ4v) is 1.49. The highest BCUT2D eigenvalue weighted by Gasteiger charge is 2.04. The smallest absolute Gasteiger partial charge is 0.241 e. The first-order chi connectivity index (χ1) is 8.76. The van der Waals surface area contributed by atoms with Crippen LogP contribution < -0.4 is 11.1 Å². The van der Waals surface area contributed by atoms with Crippen LogP contribution in [0.3, 0.4) is 0 Å². The number of nitrogens with two attached hydrogens (primary N) is 1. The number of hydrogen-bond donors (Lipinski definition) is 2. The van der Waals surface area contributed by atoms with Gasteiger partial charge < -0.3 is 15.8 Å². The van der Waals surface area contributed by atoms with Crippen molar-refractivity contribution >= 4 is 5.91 Å². The number of hydrogen-bond acceptors (Lipinski definition) is 5. The summed E-state index contributed by atoms with van der Waals surface area (Å²) in [7, 11) is 1.69. The Morgan fingerprint density at radius 3 is 3.00 bits per heavy atom. The van der Waals surface area contributed by atoms with E-state index in [0.29, 0.717) is 18.8 Å². The van der Waals surface area contributed by atoms with Crippen LogP contribution in [-0.4, -0.2) is 41.2 Å². The molecule has 0 saturated heterocycles. The minimum atomic E-state index is -0.0600. The second kappa shape index (κ2) is 8.60. The van der Waals surface area contributed by atoms with Crippen LogP contribution in [0.15, 0.2) is 6.20 Å². The maximum Gasteiger partial charge on any atom is 0.241 e. The zero-order valence-electron chi connectivity index (χ0n) is 10.8. The van der Waals surface area contributed by atoms with Gasteiger partial charge in [0.1, 0.15) is 6.54 Å². The molecule has 1 heterocycles. The lowest BCUT2D eigenvalue weighted by atomic mass is 10.2. The Hall–Kier alpha value is -1.47. The second-order valence-electron chi connectivity index (χ2n) is 4.01. The van der Waals surface area contributed by atoms with Gasteiger partial charge in [0.05, 0.1) is 11.9 Å². The third kappa shape index (κ3) is 5.74. The van der Waals surface area contributed by atoms with Gasteiger partial charge in [-0.25, -0.2) is 4.68 Å². The molecule has 18 heavy (non-hydrogen) atoms. The van der Waals surface area contributed by atoms with E-state index in [9.17, 15) is 4.79 Å². The van der Waals surface area contributed by atoms with Crippen LogP contribution in [0.1, 0.15) is 25.0 Å². The predicted octanol–water partition coefficient (Wildman–Crippen LogP) is -0.330. The Bertz CT molecular complexity index is 353. The molecule has 102 valence electrons. The van der Waals surface area contributed by atoms with Crippen molar-refractivity contribution in [2.45, 2.75) is 32.4 Å². The van der Waals surface area contributed by atoms with E-state index < -0.39 is 0 Å². The van der Waals surface area contributed by atoms with Crippen LogP contribution in [0, 0.1) is 0 Å². The predicted molar refractivity (Wildman–Crippen MR) is 66.7 cm³/mol. The van der Waals surface area contributed by atoms with Crippen LogP contribution in [0.5, 0.6) is 0 Å². The van der Waals surface area contributed by atoms with Gasteiger partial charge in [-0.2, -0.15) is 0 Å². The molecule has 0 bridgehead atoms. The lowest BCUT2D eigenvalue weighted by Crippen LogP contribution is -2.28. The Labute approximate surface area is 107 Å². The molecule has 0 aromatic carbocycles. The molecule has 1 amide bonds. The number of carbonyl (C=O) groups is 1. The number of rotatable bonds is 9. The summed E-state index contributed by atoms with van der Waals surface area (Å²) in [6.07, 6.45) is 4.71. The van der Waals surface area contributed by atoms with Gasteiger partial charge in [0.25, 0.3) is 0 Å². The topological polar surface area (TPSA) is 95.1 Å². The second-order valence-corrected chi connectivity index (χ2v) is 4.01. The summed E-state index contributed by atoms with van der Waals surface area (Å²) in [6.45, 7) is 1.97. The molecule has 0 unspecified atom stereocenters. The number of unbranched alkanes of at least 4 members (excludes halogenated alkanes) is 2. The van der Waals surface area contributed by atoms with Crippen molar-refractivity contribution in [1.29, 1.82) is 0 Å². The molecule has 0 spiro atoms. The molecule has 0 atom stereocenters. The van der Waals surface area contributed by atoms with Gasteiger partial charge in [0.15, 0.2) is 0 Å². The fourth-order valence-electron chi connectivity index (χ4n) is 1.49. The largest absolute Gasteiger partial charge is 0.385 e. The van der Waals surface area contributed by atoms with Crippen molar-refractivity contribution in [1.82, 2.24) is 20.3 Å². The molecule has 7 nitrogen and oxygen atoms in total. The first kappa shape index (κ1) is 14.6. The van der Waals surface area contributed by atoms with Crippen LogP contribution >= 0.6 is 0 Å². The van der Waals surface area contributed by atoms with Crippen LogP contribution in [0.25, 0.3) is 0 Å². The average molecular weight is 255 g/mol. The number of amides is 1. The quantitative estimate of drug-likeness (QED) is 0.589. The molecule has 1 aromatic rings. The lowest BCUT2D eigenvalue weighted by molar-refractivity contribution is -0.121. The van der Waals surface area contributed by atoms with E-state index in [4.69, 9.17) is 10.5 Å². The van der Waals surface area contributed by atoms with Gasteiger partial charge in [-0.1, -0.05) is 5.21 Å². The molecule has 1 rings (SSSR count). The summed E-state index contributed by atoms with van der Waals surface area (Å²) in [5, 5.41) is 10.5. The van der Waals surface area contributed by atoms with E-state index in [1.165, 1.54) is 4.68 Å². The standard InChI is InChI=1S/C11H21N5O2/c1-18-6-4-2-3-5-13-11(17)9-16-8-10(7-12)14-15-16/h8H,2-7,9,12H2,1H3,(H,13,17). The summed E-state index contributed by atoms with van der Waals surface area (Å²) in [4.78, 5) is 11.5. The summed E-state index contributed by atoms with van der Waals surface area (Å²) in [6, 6.07) is 0. The Morgan fingerprint density at radius 2 is 2.33 bits per heavy atom. The summed E-state index contributed by atoms with van der Waals surface area (Å²) >= 11 is 0. The van der Waals surface area contributed by atoms with Gasteiger partial charge in [0, 0.05) is 26.8 Å². The Balaban J connectivity index is 2.10. The maximum atomic E-state index is 11.5. The van der Waals surface area contributed by atoms with Crippen molar-refractivity contribution in [3.8, 4) is 0 Å². The van der Waals surface area contributed by atoms with Crippen molar-refractivity contribution in [2.24, 2.45) is 5.73 Å². The molecule has 0 aliphatic heterocycles. The van der Waals surface area contributed by atoms with Crippen LogP contribution in [0.2, 0.25) is 0 Å².